The summed E-state index contributed by atoms with van der Waals surface area (Å²) in [4.78, 5) is 26.6. The molecule has 7 heteroatoms. The van der Waals surface area contributed by atoms with Crippen LogP contribution in [0.2, 0.25) is 0 Å². The number of halogens is 1. The molecule has 2 heterocycles. The minimum absolute atomic E-state index is 0.107. The van der Waals surface area contributed by atoms with Crippen LogP contribution in [-0.2, 0) is 7.05 Å². The first kappa shape index (κ1) is 19.0. The van der Waals surface area contributed by atoms with Crippen LogP contribution in [0.4, 0.5) is 14.9 Å². The number of anilines is 1. The zero-order valence-corrected chi connectivity index (χ0v) is 16.1. The van der Waals surface area contributed by atoms with E-state index in [0.29, 0.717) is 37.0 Å². The number of hydrogen-bond donors (Lipinski definition) is 1. The molecule has 1 aliphatic heterocycles. The molecule has 3 aromatic rings. The number of pyridine rings is 1. The Hall–Kier alpha value is -3.35. The molecule has 1 fully saturated rings. The molecule has 0 aliphatic carbocycles. The van der Waals surface area contributed by atoms with Crippen LogP contribution in [-0.4, -0.2) is 34.7 Å². The van der Waals surface area contributed by atoms with E-state index in [1.807, 2.05) is 12.1 Å². The molecule has 0 radical (unpaired) electrons. The van der Waals surface area contributed by atoms with Gasteiger partial charge in [0.15, 0.2) is 11.6 Å². The molecule has 29 heavy (non-hydrogen) atoms. The van der Waals surface area contributed by atoms with Gasteiger partial charge in [0.05, 0.1) is 0 Å². The van der Waals surface area contributed by atoms with Crippen molar-refractivity contribution < 1.29 is 13.9 Å². The van der Waals surface area contributed by atoms with Gasteiger partial charge in [0.25, 0.3) is 5.56 Å². The SMILES string of the molecule is Cn1ccc2ccc(NC(=O)N3CCC(Oc4ccccc4F)CC3)cc2c1=O. The monoisotopic (exact) mass is 395 g/mol. The first-order valence-corrected chi connectivity index (χ1v) is 9.58. The van der Waals surface area contributed by atoms with Crippen molar-refractivity contribution in [3.63, 3.8) is 0 Å². The van der Waals surface area contributed by atoms with E-state index in [-0.39, 0.29) is 29.3 Å². The smallest absolute Gasteiger partial charge is 0.321 e. The lowest BCUT2D eigenvalue weighted by atomic mass is 10.1. The Labute approximate surface area is 167 Å². The van der Waals surface area contributed by atoms with Gasteiger partial charge in [0.2, 0.25) is 0 Å². The van der Waals surface area contributed by atoms with Crippen molar-refractivity contribution in [1.82, 2.24) is 9.47 Å². The molecule has 0 atom stereocenters. The van der Waals surface area contributed by atoms with Crippen molar-refractivity contribution in [3.8, 4) is 5.75 Å². The lowest BCUT2D eigenvalue weighted by Crippen LogP contribution is -2.43. The summed E-state index contributed by atoms with van der Waals surface area (Å²) in [5, 5.41) is 4.25. The summed E-state index contributed by atoms with van der Waals surface area (Å²) >= 11 is 0. The number of nitrogens with zero attached hydrogens (tertiary/aromatic N) is 2. The van der Waals surface area contributed by atoms with Gasteiger partial charge in [-0.1, -0.05) is 18.2 Å². The van der Waals surface area contributed by atoms with E-state index < -0.39 is 0 Å². The maximum atomic E-state index is 13.7. The number of carbonyl (C=O) groups is 1. The molecule has 1 N–H and O–H groups in total. The topological polar surface area (TPSA) is 63.6 Å². The molecule has 0 saturated carbocycles. The summed E-state index contributed by atoms with van der Waals surface area (Å²) in [6, 6.07) is 13.3. The predicted octanol–water partition coefficient (Wildman–Crippen LogP) is 3.75. The summed E-state index contributed by atoms with van der Waals surface area (Å²) in [7, 11) is 1.70. The second-order valence-corrected chi connectivity index (χ2v) is 7.20. The van der Waals surface area contributed by atoms with Crippen LogP contribution in [0.15, 0.2) is 59.5 Å². The van der Waals surface area contributed by atoms with Crippen LogP contribution in [0, 0.1) is 5.82 Å². The highest BCUT2D eigenvalue weighted by Gasteiger charge is 2.24. The average Bonchev–Trinajstić information content (AvgIpc) is 2.73. The molecule has 0 unspecified atom stereocenters. The Bertz CT molecular complexity index is 1100. The Kier molecular flexibility index (Phi) is 5.20. The number of aromatic nitrogens is 1. The molecule has 2 aromatic carbocycles. The first-order valence-electron chi connectivity index (χ1n) is 9.58. The van der Waals surface area contributed by atoms with Crippen molar-refractivity contribution in [2.45, 2.75) is 18.9 Å². The van der Waals surface area contributed by atoms with E-state index in [1.165, 1.54) is 10.6 Å². The van der Waals surface area contributed by atoms with Crippen LogP contribution in [0.5, 0.6) is 5.75 Å². The van der Waals surface area contributed by atoms with Crippen molar-refractivity contribution in [1.29, 1.82) is 0 Å². The summed E-state index contributed by atoms with van der Waals surface area (Å²) in [6.45, 7) is 1.03. The van der Waals surface area contributed by atoms with Crippen LogP contribution >= 0.6 is 0 Å². The summed E-state index contributed by atoms with van der Waals surface area (Å²) < 4.78 is 21.0. The number of likely N-dealkylation sites (tertiary alicyclic amines) is 1. The Balaban J connectivity index is 1.38. The Morgan fingerprint density at radius 1 is 1.14 bits per heavy atom. The molecule has 6 nitrogen and oxygen atoms in total. The maximum absolute atomic E-state index is 13.7. The molecule has 4 rings (SSSR count). The zero-order chi connectivity index (χ0) is 20.4. The molecule has 1 saturated heterocycles. The summed E-state index contributed by atoms with van der Waals surface area (Å²) in [5.74, 6) is -0.136. The van der Waals surface area contributed by atoms with E-state index in [4.69, 9.17) is 4.74 Å². The number of aryl methyl sites for hydroxylation is 1. The molecule has 1 aliphatic rings. The summed E-state index contributed by atoms with van der Waals surface area (Å²) in [5.41, 5.74) is 0.472. The van der Waals surface area contributed by atoms with E-state index >= 15 is 0 Å². The fourth-order valence-electron chi connectivity index (χ4n) is 3.51. The van der Waals surface area contributed by atoms with E-state index in [1.54, 1.807) is 48.5 Å². The molecule has 0 spiro atoms. The van der Waals surface area contributed by atoms with Crippen molar-refractivity contribution in [2.24, 2.45) is 7.05 Å². The number of rotatable bonds is 3. The van der Waals surface area contributed by atoms with Crippen molar-refractivity contribution >= 4 is 22.5 Å². The van der Waals surface area contributed by atoms with Gasteiger partial charge < -0.3 is 19.5 Å². The third kappa shape index (κ3) is 4.08. The Morgan fingerprint density at radius 3 is 2.66 bits per heavy atom. The van der Waals surface area contributed by atoms with Crippen molar-refractivity contribution in [2.75, 3.05) is 18.4 Å². The van der Waals surface area contributed by atoms with Crippen LogP contribution < -0.4 is 15.6 Å². The highest BCUT2D eigenvalue weighted by molar-refractivity contribution is 5.93. The van der Waals surface area contributed by atoms with Gasteiger partial charge in [0.1, 0.15) is 6.10 Å². The number of carbonyl (C=O) groups excluding carboxylic acids is 1. The molecule has 2 amide bonds. The lowest BCUT2D eigenvalue weighted by Gasteiger charge is -2.32. The average molecular weight is 395 g/mol. The standard InChI is InChI=1S/C22H22FN3O3/c1-25-11-8-15-6-7-16(14-18(15)21(25)27)24-22(28)26-12-9-17(10-13-26)29-20-5-3-2-4-19(20)23/h2-8,11,14,17H,9-10,12-13H2,1H3,(H,24,28). The molecule has 150 valence electrons. The second kappa shape index (κ2) is 7.95. The number of benzene rings is 2. The lowest BCUT2D eigenvalue weighted by molar-refractivity contribution is 0.112. The van der Waals surface area contributed by atoms with E-state index in [2.05, 4.69) is 5.32 Å². The molecule has 0 bridgehead atoms. The highest BCUT2D eigenvalue weighted by Crippen LogP contribution is 2.22. The summed E-state index contributed by atoms with van der Waals surface area (Å²) in [6.07, 6.45) is 2.84. The van der Waals surface area contributed by atoms with E-state index in [0.717, 1.165) is 5.39 Å². The van der Waals surface area contributed by atoms with Crippen LogP contribution in [0.25, 0.3) is 10.8 Å². The van der Waals surface area contributed by atoms with Crippen LogP contribution in [0.1, 0.15) is 12.8 Å². The first-order chi connectivity index (χ1) is 14.0. The predicted molar refractivity (Wildman–Crippen MR) is 110 cm³/mol. The van der Waals surface area contributed by atoms with Crippen molar-refractivity contribution in [3.05, 3.63) is 70.9 Å². The second-order valence-electron chi connectivity index (χ2n) is 7.20. The van der Waals surface area contributed by atoms with Gasteiger partial charge in [-0.3, -0.25) is 4.79 Å². The molecular formula is C22H22FN3O3. The number of ether oxygens (including phenoxy) is 1. The zero-order valence-electron chi connectivity index (χ0n) is 16.1. The number of fused-ring (bicyclic) bond motifs is 1. The fraction of sp³-hybridized carbons (Fsp3) is 0.273. The van der Waals surface area contributed by atoms with Gasteiger partial charge in [-0.2, -0.15) is 0 Å². The number of hydrogen-bond acceptors (Lipinski definition) is 3. The number of piperidine rings is 1. The minimum atomic E-state index is -0.380. The normalized spacial score (nSPS) is 14.8. The van der Waals surface area contributed by atoms with E-state index in [9.17, 15) is 14.0 Å². The van der Waals surface area contributed by atoms with Gasteiger partial charge in [0, 0.05) is 50.2 Å². The van der Waals surface area contributed by atoms with Gasteiger partial charge >= 0.3 is 6.03 Å². The third-order valence-corrected chi connectivity index (χ3v) is 5.19. The maximum Gasteiger partial charge on any atom is 0.321 e. The quantitative estimate of drug-likeness (QED) is 0.735. The Morgan fingerprint density at radius 2 is 1.90 bits per heavy atom. The number of nitrogens with one attached hydrogen (secondary N) is 1. The minimum Gasteiger partial charge on any atom is -0.487 e. The largest absolute Gasteiger partial charge is 0.487 e. The number of urea groups is 1. The van der Waals surface area contributed by atoms with Gasteiger partial charge in [-0.15, -0.1) is 0 Å². The van der Waals surface area contributed by atoms with Gasteiger partial charge in [-0.25, -0.2) is 9.18 Å². The number of para-hydroxylation sites is 1. The van der Waals surface area contributed by atoms with Gasteiger partial charge in [-0.05, 0) is 35.7 Å². The highest BCUT2D eigenvalue weighted by atomic mass is 19.1. The fourth-order valence-corrected chi connectivity index (χ4v) is 3.51. The molecule has 1 aromatic heterocycles. The van der Waals surface area contributed by atoms with Crippen LogP contribution in [0.3, 0.4) is 0 Å². The molecular weight excluding hydrogens is 373 g/mol. The third-order valence-electron chi connectivity index (χ3n) is 5.19. The number of amides is 2.